The summed E-state index contributed by atoms with van der Waals surface area (Å²) in [5, 5.41) is 3.28. The zero-order valence-corrected chi connectivity index (χ0v) is 11.4. The van der Waals surface area contributed by atoms with E-state index in [1.54, 1.807) is 0 Å². The van der Waals surface area contributed by atoms with Crippen LogP contribution in [0.5, 0.6) is 0 Å². The Morgan fingerprint density at radius 3 is 2.71 bits per heavy atom. The van der Waals surface area contributed by atoms with Crippen molar-refractivity contribution in [1.29, 1.82) is 0 Å². The van der Waals surface area contributed by atoms with Crippen LogP contribution < -0.4 is 5.32 Å². The van der Waals surface area contributed by atoms with E-state index < -0.39 is 0 Å². The standard InChI is InChI=1S/C12H26N4O/c1-4-16(5-2)9-11-17-10-7-14-12-13-6-8-15(12)3/h4-11H2,1-3H3,(H,13,14). The van der Waals surface area contributed by atoms with Crippen molar-refractivity contribution < 1.29 is 4.74 Å². The molecule has 0 spiro atoms. The van der Waals surface area contributed by atoms with Crippen molar-refractivity contribution in [1.82, 2.24) is 15.1 Å². The van der Waals surface area contributed by atoms with Crippen molar-refractivity contribution in [2.45, 2.75) is 13.8 Å². The average molecular weight is 242 g/mol. The number of nitrogens with one attached hydrogen (secondary N) is 1. The van der Waals surface area contributed by atoms with Crippen molar-refractivity contribution >= 4 is 5.96 Å². The Bertz CT molecular complexity index is 229. The molecule has 1 aliphatic heterocycles. The molecule has 5 nitrogen and oxygen atoms in total. The van der Waals surface area contributed by atoms with E-state index in [0.717, 1.165) is 58.4 Å². The minimum Gasteiger partial charge on any atom is -0.378 e. The second-order valence-corrected chi connectivity index (χ2v) is 4.19. The van der Waals surface area contributed by atoms with E-state index >= 15 is 0 Å². The van der Waals surface area contributed by atoms with Gasteiger partial charge in [-0.3, -0.25) is 4.99 Å². The van der Waals surface area contributed by atoms with Crippen LogP contribution >= 0.6 is 0 Å². The molecule has 0 aromatic heterocycles. The van der Waals surface area contributed by atoms with E-state index in [1.807, 2.05) is 0 Å². The first-order valence-electron chi connectivity index (χ1n) is 6.57. The molecule has 1 heterocycles. The zero-order chi connectivity index (χ0) is 12.5. The normalized spacial score (nSPS) is 15.5. The summed E-state index contributed by atoms with van der Waals surface area (Å²) in [7, 11) is 2.06. The molecule has 0 aromatic rings. The molecule has 0 saturated carbocycles. The number of ether oxygens (including phenoxy) is 1. The minimum atomic E-state index is 0.744. The fourth-order valence-corrected chi connectivity index (χ4v) is 1.79. The van der Waals surface area contributed by atoms with Gasteiger partial charge in [-0.05, 0) is 13.1 Å². The van der Waals surface area contributed by atoms with Gasteiger partial charge in [0.25, 0.3) is 0 Å². The van der Waals surface area contributed by atoms with Crippen LogP contribution in [0.2, 0.25) is 0 Å². The van der Waals surface area contributed by atoms with Crippen molar-refractivity contribution in [2.75, 3.05) is 59.5 Å². The van der Waals surface area contributed by atoms with Gasteiger partial charge in [-0.25, -0.2) is 0 Å². The molecule has 1 N–H and O–H groups in total. The fraction of sp³-hybridized carbons (Fsp3) is 0.917. The van der Waals surface area contributed by atoms with Gasteiger partial charge in [0, 0.05) is 26.7 Å². The summed E-state index contributed by atoms with van der Waals surface area (Å²) in [4.78, 5) is 8.86. The molecule has 100 valence electrons. The van der Waals surface area contributed by atoms with Gasteiger partial charge in [-0.2, -0.15) is 0 Å². The minimum absolute atomic E-state index is 0.744. The van der Waals surface area contributed by atoms with Crippen LogP contribution in [0.4, 0.5) is 0 Å². The van der Waals surface area contributed by atoms with Gasteiger partial charge in [0.05, 0.1) is 19.8 Å². The van der Waals surface area contributed by atoms with Crippen LogP contribution in [-0.4, -0.2) is 75.3 Å². The summed E-state index contributed by atoms with van der Waals surface area (Å²) in [6.07, 6.45) is 0. The topological polar surface area (TPSA) is 40.1 Å². The Kier molecular flexibility index (Phi) is 6.96. The lowest BCUT2D eigenvalue weighted by atomic mass is 10.5. The predicted molar refractivity (Wildman–Crippen MR) is 71.5 cm³/mol. The van der Waals surface area contributed by atoms with Gasteiger partial charge in [0.2, 0.25) is 0 Å². The number of rotatable bonds is 8. The van der Waals surface area contributed by atoms with Gasteiger partial charge in [0.15, 0.2) is 5.96 Å². The van der Waals surface area contributed by atoms with Gasteiger partial charge in [-0.15, -0.1) is 0 Å². The molecule has 5 heteroatoms. The summed E-state index contributed by atoms with van der Waals surface area (Å²) >= 11 is 0. The molecule has 0 radical (unpaired) electrons. The van der Waals surface area contributed by atoms with Crippen LogP contribution in [0.1, 0.15) is 13.8 Å². The first kappa shape index (κ1) is 14.3. The van der Waals surface area contributed by atoms with Gasteiger partial charge in [-0.1, -0.05) is 13.8 Å². The van der Waals surface area contributed by atoms with E-state index in [0.29, 0.717) is 0 Å². The Morgan fingerprint density at radius 2 is 2.12 bits per heavy atom. The molecule has 0 amide bonds. The van der Waals surface area contributed by atoms with Crippen molar-refractivity contribution in [3.63, 3.8) is 0 Å². The Morgan fingerprint density at radius 1 is 1.35 bits per heavy atom. The highest BCUT2D eigenvalue weighted by molar-refractivity contribution is 5.81. The van der Waals surface area contributed by atoms with E-state index in [9.17, 15) is 0 Å². The van der Waals surface area contributed by atoms with Crippen LogP contribution in [0.3, 0.4) is 0 Å². The van der Waals surface area contributed by atoms with Crippen molar-refractivity contribution in [3.05, 3.63) is 0 Å². The lowest BCUT2D eigenvalue weighted by molar-refractivity contribution is 0.110. The van der Waals surface area contributed by atoms with Crippen LogP contribution in [0.15, 0.2) is 4.99 Å². The molecule has 0 aliphatic carbocycles. The lowest BCUT2D eigenvalue weighted by Crippen LogP contribution is -2.37. The number of likely N-dealkylation sites (N-methyl/N-ethyl adjacent to an activating group) is 2. The third kappa shape index (κ3) is 5.37. The molecule has 1 aliphatic rings. The van der Waals surface area contributed by atoms with Crippen molar-refractivity contribution in [3.8, 4) is 0 Å². The molecule has 0 unspecified atom stereocenters. The van der Waals surface area contributed by atoms with Crippen LogP contribution in [-0.2, 0) is 4.74 Å². The monoisotopic (exact) mass is 242 g/mol. The smallest absolute Gasteiger partial charge is 0.193 e. The second kappa shape index (κ2) is 8.31. The highest BCUT2D eigenvalue weighted by Gasteiger charge is 2.10. The molecular weight excluding hydrogens is 216 g/mol. The van der Waals surface area contributed by atoms with E-state index in [4.69, 9.17) is 4.74 Å². The fourth-order valence-electron chi connectivity index (χ4n) is 1.79. The third-order valence-corrected chi connectivity index (χ3v) is 3.03. The van der Waals surface area contributed by atoms with E-state index in [-0.39, 0.29) is 0 Å². The maximum Gasteiger partial charge on any atom is 0.193 e. The highest BCUT2D eigenvalue weighted by Crippen LogP contribution is 1.94. The first-order valence-corrected chi connectivity index (χ1v) is 6.57. The number of guanidine groups is 1. The first-order chi connectivity index (χ1) is 8.27. The van der Waals surface area contributed by atoms with Gasteiger partial charge < -0.3 is 19.9 Å². The second-order valence-electron chi connectivity index (χ2n) is 4.19. The predicted octanol–water partition coefficient (Wildman–Crippen LogP) is 0.236. The Hall–Kier alpha value is -0.810. The largest absolute Gasteiger partial charge is 0.378 e. The van der Waals surface area contributed by atoms with E-state index in [1.165, 1.54) is 0 Å². The van der Waals surface area contributed by atoms with E-state index in [2.05, 4.69) is 41.0 Å². The SMILES string of the molecule is CCN(CC)CCOCCNC1=NCCN1C. The number of hydrogen-bond donors (Lipinski definition) is 1. The Labute approximate surface area is 105 Å². The molecular formula is C12H26N4O. The molecule has 0 bridgehead atoms. The highest BCUT2D eigenvalue weighted by atomic mass is 16.5. The molecule has 0 fully saturated rings. The molecule has 0 saturated heterocycles. The quantitative estimate of drug-likeness (QED) is 0.619. The summed E-state index contributed by atoms with van der Waals surface area (Å²) in [5.74, 6) is 0.998. The lowest BCUT2D eigenvalue weighted by Gasteiger charge is -2.18. The average Bonchev–Trinajstić information content (AvgIpc) is 2.74. The summed E-state index contributed by atoms with van der Waals surface area (Å²) < 4.78 is 5.59. The molecule has 1 rings (SSSR count). The summed E-state index contributed by atoms with van der Waals surface area (Å²) in [6, 6.07) is 0. The maximum atomic E-state index is 5.59. The Balaban J connectivity index is 1.94. The number of aliphatic imine (C=N–C) groups is 1. The number of hydrogen-bond acceptors (Lipinski definition) is 5. The maximum absolute atomic E-state index is 5.59. The molecule has 0 atom stereocenters. The zero-order valence-electron chi connectivity index (χ0n) is 11.4. The van der Waals surface area contributed by atoms with Crippen molar-refractivity contribution in [2.24, 2.45) is 4.99 Å². The van der Waals surface area contributed by atoms with Crippen LogP contribution in [0.25, 0.3) is 0 Å². The van der Waals surface area contributed by atoms with Gasteiger partial charge >= 0.3 is 0 Å². The third-order valence-electron chi connectivity index (χ3n) is 3.03. The van der Waals surface area contributed by atoms with Gasteiger partial charge in [0.1, 0.15) is 0 Å². The molecule has 0 aromatic carbocycles. The summed E-state index contributed by atoms with van der Waals surface area (Å²) in [6.45, 7) is 11.9. The molecule has 17 heavy (non-hydrogen) atoms. The number of nitrogens with zero attached hydrogens (tertiary/aromatic N) is 3. The summed E-state index contributed by atoms with van der Waals surface area (Å²) in [5.41, 5.74) is 0. The van der Waals surface area contributed by atoms with Crippen LogP contribution in [0, 0.1) is 0 Å².